The van der Waals surface area contributed by atoms with Crippen molar-refractivity contribution in [1.29, 1.82) is 0 Å². The molecule has 0 atom stereocenters. The molecule has 0 unspecified atom stereocenters. The topological polar surface area (TPSA) is 70.2 Å². The van der Waals surface area contributed by atoms with E-state index in [2.05, 4.69) is 4.90 Å². The Morgan fingerprint density at radius 1 is 0.941 bits per heavy atom. The molecule has 3 aromatic carbocycles. The SMILES string of the molecule is COc1cccc(N(CC(=O)N2CCN(c3ccc(F)cc3)CC2)S(=O)(=O)c2ccccc2)c1. The Labute approximate surface area is 199 Å². The molecule has 34 heavy (non-hydrogen) atoms. The largest absolute Gasteiger partial charge is 0.497 e. The maximum atomic E-state index is 13.5. The number of halogens is 1. The Kier molecular flexibility index (Phi) is 7.02. The molecule has 1 heterocycles. The molecule has 0 aromatic heterocycles. The highest BCUT2D eigenvalue weighted by Crippen LogP contribution is 2.27. The summed E-state index contributed by atoms with van der Waals surface area (Å²) in [6.45, 7) is 1.69. The average molecular weight is 484 g/mol. The first-order valence-corrected chi connectivity index (χ1v) is 12.3. The van der Waals surface area contributed by atoms with Gasteiger partial charge in [-0.3, -0.25) is 9.10 Å². The number of hydrogen-bond donors (Lipinski definition) is 0. The minimum Gasteiger partial charge on any atom is -0.497 e. The van der Waals surface area contributed by atoms with Crippen molar-refractivity contribution in [2.24, 2.45) is 0 Å². The second kappa shape index (κ2) is 10.1. The van der Waals surface area contributed by atoms with Crippen molar-refractivity contribution in [2.45, 2.75) is 4.90 Å². The fraction of sp³-hybridized carbons (Fsp3) is 0.240. The molecule has 0 saturated carbocycles. The molecule has 0 bridgehead atoms. The van der Waals surface area contributed by atoms with Crippen molar-refractivity contribution in [1.82, 2.24) is 4.90 Å². The smallest absolute Gasteiger partial charge is 0.264 e. The number of anilines is 2. The second-order valence-corrected chi connectivity index (χ2v) is 9.73. The number of amides is 1. The van der Waals surface area contributed by atoms with Crippen LogP contribution >= 0.6 is 0 Å². The Balaban J connectivity index is 1.53. The summed E-state index contributed by atoms with van der Waals surface area (Å²) in [5, 5.41) is 0. The fourth-order valence-corrected chi connectivity index (χ4v) is 5.32. The minimum absolute atomic E-state index is 0.103. The van der Waals surface area contributed by atoms with Crippen LogP contribution in [0.1, 0.15) is 0 Å². The normalized spacial score (nSPS) is 14.1. The zero-order valence-corrected chi connectivity index (χ0v) is 19.6. The van der Waals surface area contributed by atoms with Gasteiger partial charge in [0.2, 0.25) is 5.91 Å². The molecule has 178 valence electrons. The van der Waals surface area contributed by atoms with E-state index in [1.807, 2.05) is 0 Å². The standard InChI is InChI=1S/C25H26FN3O4S/c1-33-23-7-5-6-22(18-23)29(34(31,32)24-8-3-2-4-9-24)19-25(30)28-16-14-27(15-17-28)21-12-10-20(26)11-13-21/h2-13,18H,14-17,19H2,1H3. The predicted octanol–water partition coefficient (Wildman–Crippen LogP) is 3.38. The van der Waals surface area contributed by atoms with Crippen LogP contribution in [0.25, 0.3) is 0 Å². The van der Waals surface area contributed by atoms with Gasteiger partial charge in [-0.1, -0.05) is 24.3 Å². The first-order valence-electron chi connectivity index (χ1n) is 10.9. The number of rotatable bonds is 7. The lowest BCUT2D eigenvalue weighted by Crippen LogP contribution is -2.52. The number of hydrogen-bond acceptors (Lipinski definition) is 5. The van der Waals surface area contributed by atoms with Gasteiger partial charge in [-0.25, -0.2) is 12.8 Å². The lowest BCUT2D eigenvalue weighted by molar-refractivity contribution is -0.129. The third-order valence-electron chi connectivity index (χ3n) is 5.78. The number of benzene rings is 3. The molecular formula is C25H26FN3O4S. The summed E-state index contributed by atoms with van der Waals surface area (Å²) in [4.78, 5) is 17.1. The van der Waals surface area contributed by atoms with Crippen molar-refractivity contribution in [3.63, 3.8) is 0 Å². The van der Waals surface area contributed by atoms with Gasteiger partial charge in [0.1, 0.15) is 18.1 Å². The van der Waals surface area contributed by atoms with E-state index in [0.717, 1.165) is 9.99 Å². The first-order chi connectivity index (χ1) is 16.4. The summed E-state index contributed by atoms with van der Waals surface area (Å²) in [7, 11) is -2.49. The zero-order chi connectivity index (χ0) is 24.1. The molecule has 9 heteroatoms. The molecule has 1 aliphatic rings. The van der Waals surface area contributed by atoms with Gasteiger partial charge in [-0.15, -0.1) is 0 Å². The van der Waals surface area contributed by atoms with E-state index in [0.29, 0.717) is 37.6 Å². The van der Waals surface area contributed by atoms with Crippen LogP contribution in [0.2, 0.25) is 0 Å². The number of nitrogens with zero attached hydrogens (tertiary/aromatic N) is 3. The Morgan fingerprint density at radius 2 is 1.62 bits per heavy atom. The Bertz CT molecular complexity index is 1230. The third kappa shape index (κ3) is 5.14. The number of carbonyl (C=O) groups is 1. The summed E-state index contributed by atoms with van der Waals surface area (Å²) >= 11 is 0. The quantitative estimate of drug-likeness (QED) is 0.515. The van der Waals surface area contributed by atoms with Crippen LogP contribution in [-0.2, 0) is 14.8 Å². The van der Waals surface area contributed by atoms with Crippen molar-refractivity contribution in [2.75, 3.05) is 49.0 Å². The average Bonchev–Trinajstić information content (AvgIpc) is 2.88. The summed E-state index contributed by atoms with van der Waals surface area (Å²) in [5.74, 6) is -0.0953. The van der Waals surface area contributed by atoms with E-state index in [1.54, 1.807) is 59.5 Å². The molecule has 0 spiro atoms. The number of carbonyl (C=O) groups excluding carboxylic acids is 1. The summed E-state index contributed by atoms with van der Waals surface area (Å²) in [6, 6.07) is 20.9. The van der Waals surface area contributed by atoms with Crippen LogP contribution in [0.3, 0.4) is 0 Å². The molecule has 0 N–H and O–H groups in total. The minimum atomic E-state index is -3.99. The Morgan fingerprint density at radius 3 is 2.26 bits per heavy atom. The van der Waals surface area contributed by atoms with Gasteiger partial charge < -0.3 is 14.5 Å². The van der Waals surface area contributed by atoms with Crippen molar-refractivity contribution in [3.8, 4) is 5.75 Å². The number of piperazine rings is 1. The highest BCUT2D eigenvalue weighted by atomic mass is 32.2. The molecule has 0 aliphatic carbocycles. The summed E-state index contributed by atoms with van der Waals surface area (Å²) < 4.78 is 46.6. The van der Waals surface area contributed by atoms with Crippen molar-refractivity contribution >= 4 is 27.3 Å². The maximum absolute atomic E-state index is 13.5. The van der Waals surface area contributed by atoms with Gasteiger partial charge in [0, 0.05) is 37.9 Å². The monoisotopic (exact) mass is 483 g/mol. The van der Waals surface area contributed by atoms with Crippen LogP contribution in [0, 0.1) is 5.82 Å². The van der Waals surface area contributed by atoms with Crippen LogP contribution in [0.5, 0.6) is 5.75 Å². The van der Waals surface area contributed by atoms with Gasteiger partial charge in [0.15, 0.2) is 0 Å². The van der Waals surface area contributed by atoms with Crippen LogP contribution in [0.4, 0.5) is 15.8 Å². The van der Waals surface area contributed by atoms with Crippen LogP contribution < -0.4 is 13.9 Å². The van der Waals surface area contributed by atoms with Gasteiger partial charge >= 0.3 is 0 Å². The highest BCUT2D eigenvalue weighted by Gasteiger charge is 2.30. The third-order valence-corrected chi connectivity index (χ3v) is 7.56. The molecule has 1 fully saturated rings. The molecule has 0 radical (unpaired) electrons. The van der Waals surface area contributed by atoms with E-state index in [4.69, 9.17) is 4.74 Å². The molecule has 3 aromatic rings. The molecule has 7 nitrogen and oxygen atoms in total. The van der Waals surface area contributed by atoms with Gasteiger partial charge in [-0.2, -0.15) is 0 Å². The zero-order valence-electron chi connectivity index (χ0n) is 18.8. The van der Waals surface area contributed by atoms with Crippen LogP contribution in [-0.4, -0.2) is 59.1 Å². The van der Waals surface area contributed by atoms with E-state index >= 15 is 0 Å². The Hall–Kier alpha value is -3.59. The number of sulfonamides is 1. The van der Waals surface area contributed by atoms with E-state index in [-0.39, 0.29) is 23.2 Å². The molecule has 4 rings (SSSR count). The predicted molar refractivity (Wildman–Crippen MR) is 129 cm³/mol. The first kappa shape index (κ1) is 23.6. The fourth-order valence-electron chi connectivity index (χ4n) is 3.89. The van der Waals surface area contributed by atoms with Gasteiger partial charge in [-0.05, 0) is 48.5 Å². The van der Waals surface area contributed by atoms with E-state index in [1.165, 1.54) is 31.4 Å². The second-order valence-electron chi connectivity index (χ2n) is 7.87. The maximum Gasteiger partial charge on any atom is 0.264 e. The summed E-state index contributed by atoms with van der Waals surface area (Å²) in [5.41, 5.74) is 1.24. The highest BCUT2D eigenvalue weighted by molar-refractivity contribution is 7.92. The molecule has 1 saturated heterocycles. The van der Waals surface area contributed by atoms with Gasteiger partial charge in [0.25, 0.3) is 10.0 Å². The van der Waals surface area contributed by atoms with Crippen molar-refractivity contribution in [3.05, 3.63) is 84.7 Å². The van der Waals surface area contributed by atoms with E-state index in [9.17, 15) is 17.6 Å². The molecule has 1 aliphatic heterocycles. The lowest BCUT2D eigenvalue weighted by Gasteiger charge is -2.37. The van der Waals surface area contributed by atoms with E-state index < -0.39 is 10.0 Å². The summed E-state index contributed by atoms with van der Waals surface area (Å²) in [6.07, 6.45) is 0. The van der Waals surface area contributed by atoms with Gasteiger partial charge in [0.05, 0.1) is 17.7 Å². The molecule has 1 amide bonds. The van der Waals surface area contributed by atoms with Crippen molar-refractivity contribution < 1.29 is 22.3 Å². The molecular weight excluding hydrogens is 457 g/mol. The lowest BCUT2D eigenvalue weighted by atomic mass is 10.2. The number of methoxy groups -OCH3 is 1. The van der Waals surface area contributed by atoms with Crippen LogP contribution in [0.15, 0.2) is 83.8 Å². The number of ether oxygens (including phenoxy) is 1.